The maximum atomic E-state index is 6.23. The summed E-state index contributed by atoms with van der Waals surface area (Å²) in [5.74, 6) is 0.790. The molecule has 0 aromatic rings. The van der Waals surface area contributed by atoms with Crippen LogP contribution >= 0.6 is 0 Å². The summed E-state index contributed by atoms with van der Waals surface area (Å²) in [6.07, 6.45) is 6.51. The predicted octanol–water partition coefficient (Wildman–Crippen LogP) is 2.38. The summed E-state index contributed by atoms with van der Waals surface area (Å²) in [7, 11) is 0. The molecule has 15 heavy (non-hydrogen) atoms. The highest BCUT2D eigenvalue weighted by atomic mass is 15.3. The second-order valence-electron chi connectivity index (χ2n) is 6.25. The van der Waals surface area contributed by atoms with Gasteiger partial charge in [0.25, 0.3) is 0 Å². The molecule has 0 radical (unpaired) electrons. The third kappa shape index (κ3) is 2.21. The number of hydrogen-bond donors (Lipinski definition) is 1. The van der Waals surface area contributed by atoms with E-state index in [1.165, 1.54) is 45.2 Å². The summed E-state index contributed by atoms with van der Waals surface area (Å²) >= 11 is 0. The van der Waals surface area contributed by atoms with Crippen LogP contribution in [0.15, 0.2) is 0 Å². The first-order valence-electron chi connectivity index (χ1n) is 6.52. The molecule has 2 N–H and O–H groups in total. The van der Waals surface area contributed by atoms with Crippen LogP contribution in [0, 0.1) is 5.92 Å². The van der Waals surface area contributed by atoms with Gasteiger partial charge in [-0.05, 0) is 33.1 Å². The summed E-state index contributed by atoms with van der Waals surface area (Å²) in [6.45, 7) is 9.53. The molecule has 1 saturated heterocycles. The van der Waals surface area contributed by atoms with E-state index in [4.69, 9.17) is 5.73 Å². The summed E-state index contributed by atoms with van der Waals surface area (Å²) in [5.41, 5.74) is 6.88. The number of nitrogens with zero attached hydrogens (tertiary/aromatic N) is 1. The van der Waals surface area contributed by atoms with Crippen LogP contribution < -0.4 is 5.73 Å². The van der Waals surface area contributed by atoms with E-state index in [0.29, 0.717) is 5.54 Å². The Labute approximate surface area is 94.2 Å². The Balaban J connectivity index is 1.77. The van der Waals surface area contributed by atoms with Gasteiger partial charge in [0.2, 0.25) is 0 Å². The van der Waals surface area contributed by atoms with E-state index >= 15 is 0 Å². The van der Waals surface area contributed by atoms with E-state index in [2.05, 4.69) is 25.7 Å². The molecule has 0 aromatic heterocycles. The zero-order chi connectivity index (χ0) is 11.1. The molecule has 2 rings (SSSR count). The van der Waals surface area contributed by atoms with Crippen molar-refractivity contribution >= 4 is 0 Å². The number of rotatable bonds is 5. The van der Waals surface area contributed by atoms with Gasteiger partial charge in [-0.15, -0.1) is 0 Å². The minimum Gasteiger partial charge on any atom is -0.325 e. The highest BCUT2D eigenvalue weighted by molar-refractivity contribution is 5.10. The Bertz CT molecular complexity index is 225. The largest absolute Gasteiger partial charge is 0.325 e. The van der Waals surface area contributed by atoms with Crippen LogP contribution in [0.2, 0.25) is 0 Å². The molecular formula is C13H26N2. The lowest BCUT2D eigenvalue weighted by molar-refractivity contribution is -0.0161. The Morgan fingerprint density at radius 1 is 1.33 bits per heavy atom. The van der Waals surface area contributed by atoms with Gasteiger partial charge in [-0.1, -0.05) is 19.8 Å². The van der Waals surface area contributed by atoms with Gasteiger partial charge < -0.3 is 5.73 Å². The summed E-state index contributed by atoms with van der Waals surface area (Å²) in [6, 6.07) is 0. The molecule has 1 aliphatic carbocycles. The van der Waals surface area contributed by atoms with E-state index in [0.717, 1.165) is 5.92 Å². The fourth-order valence-corrected chi connectivity index (χ4v) is 2.66. The maximum Gasteiger partial charge on any atom is 0.0208 e. The van der Waals surface area contributed by atoms with Crippen molar-refractivity contribution in [1.29, 1.82) is 0 Å². The van der Waals surface area contributed by atoms with Gasteiger partial charge in [0, 0.05) is 30.1 Å². The SMILES string of the molecule is CCCCC(C)(C)N1CC(C2(N)CC2)C1. The Hall–Kier alpha value is -0.0800. The lowest BCUT2D eigenvalue weighted by Crippen LogP contribution is -2.62. The standard InChI is InChI=1S/C13H26N2/c1-4-5-6-12(2,3)15-9-11(10-15)13(14)7-8-13/h11H,4-10,14H2,1-3H3. The number of likely N-dealkylation sites (tertiary alicyclic amines) is 1. The highest BCUT2D eigenvalue weighted by Crippen LogP contribution is 2.45. The summed E-state index contributed by atoms with van der Waals surface area (Å²) in [4.78, 5) is 2.63. The van der Waals surface area contributed by atoms with E-state index < -0.39 is 0 Å². The van der Waals surface area contributed by atoms with Gasteiger partial charge in [-0.3, -0.25) is 4.90 Å². The molecule has 88 valence electrons. The molecule has 2 aliphatic rings. The van der Waals surface area contributed by atoms with Gasteiger partial charge in [-0.2, -0.15) is 0 Å². The molecule has 0 bridgehead atoms. The Morgan fingerprint density at radius 2 is 1.93 bits per heavy atom. The van der Waals surface area contributed by atoms with E-state index in [-0.39, 0.29) is 5.54 Å². The second-order valence-corrected chi connectivity index (χ2v) is 6.25. The molecule has 1 heterocycles. The maximum absolute atomic E-state index is 6.23. The van der Waals surface area contributed by atoms with Crippen molar-refractivity contribution < 1.29 is 0 Å². The third-order valence-corrected chi connectivity index (χ3v) is 4.52. The van der Waals surface area contributed by atoms with Crippen molar-refractivity contribution in [3.05, 3.63) is 0 Å². The lowest BCUT2D eigenvalue weighted by atomic mass is 9.83. The normalized spacial score (nSPS) is 26.4. The zero-order valence-corrected chi connectivity index (χ0v) is 10.6. The fourth-order valence-electron chi connectivity index (χ4n) is 2.66. The quantitative estimate of drug-likeness (QED) is 0.755. The average Bonchev–Trinajstić information content (AvgIpc) is 2.77. The molecule has 2 nitrogen and oxygen atoms in total. The van der Waals surface area contributed by atoms with E-state index in [1.54, 1.807) is 0 Å². The fraction of sp³-hybridized carbons (Fsp3) is 1.00. The molecular weight excluding hydrogens is 184 g/mol. The van der Waals surface area contributed by atoms with Crippen molar-refractivity contribution in [1.82, 2.24) is 4.90 Å². The van der Waals surface area contributed by atoms with E-state index in [1.807, 2.05) is 0 Å². The van der Waals surface area contributed by atoms with Crippen molar-refractivity contribution in [3.8, 4) is 0 Å². The minimum absolute atomic E-state index is 0.247. The zero-order valence-electron chi connectivity index (χ0n) is 10.6. The molecule has 0 atom stereocenters. The summed E-state index contributed by atoms with van der Waals surface area (Å²) in [5, 5.41) is 0. The van der Waals surface area contributed by atoms with Gasteiger partial charge in [0.05, 0.1) is 0 Å². The molecule has 0 spiro atoms. The van der Waals surface area contributed by atoms with E-state index in [9.17, 15) is 0 Å². The lowest BCUT2D eigenvalue weighted by Gasteiger charge is -2.51. The third-order valence-electron chi connectivity index (χ3n) is 4.52. The smallest absolute Gasteiger partial charge is 0.0208 e. The van der Waals surface area contributed by atoms with Crippen LogP contribution in [-0.2, 0) is 0 Å². The van der Waals surface area contributed by atoms with Crippen LogP contribution in [0.3, 0.4) is 0 Å². The number of unbranched alkanes of at least 4 members (excludes halogenated alkanes) is 1. The molecule has 0 amide bonds. The molecule has 2 fully saturated rings. The highest BCUT2D eigenvalue weighted by Gasteiger charge is 2.52. The second kappa shape index (κ2) is 3.74. The van der Waals surface area contributed by atoms with Crippen LogP contribution in [0.5, 0.6) is 0 Å². The topological polar surface area (TPSA) is 29.3 Å². The van der Waals surface area contributed by atoms with Crippen LogP contribution in [0.25, 0.3) is 0 Å². The van der Waals surface area contributed by atoms with Crippen molar-refractivity contribution in [2.75, 3.05) is 13.1 Å². The molecule has 0 aromatic carbocycles. The average molecular weight is 210 g/mol. The van der Waals surface area contributed by atoms with Gasteiger partial charge >= 0.3 is 0 Å². The van der Waals surface area contributed by atoms with Crippen LogP contribution in [-0.4, -0.2) is 29.1 Å². The molecule has 2 heteroatoms. The first kappa shape index (κ1) is 11.4. The number of nitrogens with two attached hydrogens (primary N) is 1. The van der Waals surface area contributed by atoms with Gasteiger partial charge in [-0.25, -0.2) is 0 Å². The molecule has 1 aliphatic heterocycles. The van der Waals surface area contributed by atoms with Crippen LogP contribution in [0.1, 0.15) is 52.9 Å². The Morgan fingerprint density at radius 3 is 2.40 bits per heavy atom. The molecule has 1 saturated carbocycles. The summed E-state index contributed by atoms with van der Waals surface area (Å²) < 4.78 is 0. The van der Waals surface area contributed by atoms with Crippen molar-refractivity contribution in [2.24, 2.45) is 11.7 Å². The van der Waals surface area contributed by atoms with Gasteiger partial charge in [0.15, 0.2) is 0 Å². The van der Waals surface area contributed by atoms with Crippen molar-refractivity contribution in [2.45, 2.75) is 64.0 Å². The predicted molar refractivity (Wildman–Crippen MR) is 64.8 cm³/mol. The molecule has 0 unspecified atom stereocenters. The van der Waals surface area contributed by atoms with Crippen molar-refractivity contribution in [3.63, 3.8) is 0 Å². The van der Waals surface area contributed by atoms with Crippen LogP contribution in [0.4, 0.5) is 0 Å². The monoisotopic (exact) mass is 210 g/mol. The van der Waals surface area contributed by atoms with Gasteiger partial charge in [0.1, 0.15) is 0 Å². The first-order chi connectivity index (χ1) is 6.98. The Kier molecular flexibility index (Phi) is 2.85. The first-order valence-corrected chi connectivity index (χ1v) is 6.52. The number of hydrogen-bond acceptors (Lipinski definition) is 2. The minimum atomic E-state index is 0.247.